The van der Waals surface area contributed by atoms with Crippen molar-refractivity contribution in [3.63, 3.8) is 0 Å². The maximum Gasteiger partial charge on any atom is 0.394 e. The van der Waals surface area contributed by atoms with Crippen molar-refractivity contribution in [2.24, 2.45) is 5.73 Å². The zero-order valence-corrected chi connectivity index (χ0v) is 7.88. The Morgan fingerprint density at radius 2 is 2.07 bits per heavy atom. The molecule has 84 valence electrons. The van der Waals surface area contributed by atoms with E-state index in [1.54, 1.807) is 0 Å². The maximum atomic E-state index is 12.0. The molecule has 0 aliphatic rings. The standard InChI is InChI=1S/C8H11F3N4/c9-8(10,11)4-6-3-7(13-2-1-12)15-5-14-6/h3,5H,1-2,4,12H2,(H,13,14,15). The molecule has 0 amide bonds. The summed E-state index contributed by atoms with van der Waals surface area (Å²) in [7, 11) is 0. The van der Waals surface area contributed by atoms with Gasteiger partial charge in [-0.15, -0.1) is 0 Å². The van der Waals surface area contributed by atoms with E-state index in [1.165, 1.54) is 6.07 Å². The number of nitrogens with zero attached hydrogens (tertiary/aromatic N) is 2. The van der Waals surface area contributed by atoms with Gasteiger partial charge in [0.1, 0.15) is 12.1 Å². The molecule has 0 aliphatic heterocycles. The lowest BCUT2D eigenvalue weighted by atomic mass is 10.3. The van der Waals surface area contributed by atoms with Crippen molar-refractivity contribution < 1.29 is 13.2 Å². The molecule has 7 heteroatoms. The fraction of sp³-hybridized carbons (Fsp3) is 0.500. The lowest BCUT2D eigenvalue weighted by Gasteiger charge is -2.07. The lowest BCUT2D eigenvalue weighted by Crippen LogP contribution is -2.16. The van der Waals surface area contributed by atoms with Gasteiger partial charge in [0.05, 0.1) is 12.1 Å². The minimum atomic E-state index is -4.25. The fourth-order valence-electron chi connectivity index (χ4n) is 0.997. The molecule has 3 N–H and O–H groups in total. The topological polar surface area (TPSA) is 63.8 Å². The molecule has 1 rings (SSSR count). The average molecular weight is 220 g/mol. The predicted molar refractivity (Wildman–Crippen MR) is 49.3 cm³/mol. The van der Waals surface area contributed by atoms with E-state index >= 15 is 0 Å². The van der Waals surface area contributed by atoms with Gasteiger partial charge in [-0.3, -0.25) is 0 Å². The molecule has 0 aliphatic carbocycles. The van der Waals surface area contributed by atoms with Crippen LogP contribution < -0.4 is 11.1 Å². The van der Waals surface area contributed by atoms with E-state index in [-0.39, 0.29) is 5.69 Å². The second-order valence-electron chi connectivity index (χ2n) is 2.90. The zero-order chi connectivity index (χ0) is 11.3. The highest BCUT2D eigenvalue weighted by molar-refractivity contribution is 5.34. The van der Waals surface area contributed by atoms with E-state index < -0.39 is 12.6 Å². The highest BCUT2D eigenvalue weighted by Crippen LogP contribution is 2.20. The third-order valence-electron chi connectivity index (χ3n) is 1.56. The van der Waals surface area contributed by atoms with Crippen LogP contribution in [0.4, 0.5) is 19.0 Å². The summed E-state index contributed by atoms with van der Waals surface area (Å²) in [6, 6.07) is 1.27. The first kappa shape index (κ1) is 11.7. The maximum absolute atomic E-state index is 12.0. The van der Waals surface area contributed by atoms with Gasteiger partial charge < -0.3 is 11.1 Å². The van der Waals surface area contributed by atoms with Crippen LogP contribution >= 0.6 is 0 Å². The first-order valence-electron chi connectivity index (χ1n) is 4.33. The summed E-state index contributed by atoms with van der Waals surface area (Å²) in [5.74, 6) is 0.356. The number of nitrogens with two attached hydrogens (primary N) is 1. The van der Waals surface area contributed by atoms with Crippen LogP contribution in [0, 0.1) is 0 Å². The molecule has 4 nitrogen and oxygen atoms in total. The van der Waals surface area contributed by atoms with Gasteiger partial charge in [-0.2, -0.15) is 13.2 Å². The van der Waals surface area contributed by atoms with Gasteiger partial charge in [0.25, 0.3) is 0 Å². The van der Waals surface area contributed by atoms with E-state index in [2.05, 4.69) is 15.3 Å². The first-order valence-corrected chi connectivity index (χ1v) is 4.33. The Balaban J connectivity index is 2.66. The molecule has 0 saturated carbocycles. The molecule has 0 saturated heterocycles. The average Bonchev–Trinajstić information content (AvgIpc) is 2.12. The fourth-order valence-corrected chi connectivity index (χ4v) is 0.997. The Morgan fingerprint density at radius 1 is 1.33 bits per heavy atom. The van der Waals surface area contributed by atoms with E-state index in [0.717, 1.165) is 6.33 Å². The number of hydrogen-bond donors (Lipinski definition) is 2. The molecular weight excluding hydrogens is 209 g/mol. The second-order valence-corrected chi connectivity index (χ2v) is 2.90. The highest BCUT2D eigenvalue weighted by atomic mass is 19.4. The van der Waals surface area contributed by atoms with E-state index in [4.69, 9.17) is 5.73 Å². The van der Waals surface area contributed by atoms with Crippen LogP contribution in [0.5, 0.6) is 0 Å². The molecule has 0 spiro atoms. The Kier molecular flexibility index (Phi) is 3.84. The smallest absolute Gasteiger partial charge is 0.369 e. The van der Waals surface area contributed by atoms with Crippen molar-refractivity contribution in [2.45, 2.75) is 12.6 Å². The van der Waals surface area contributed by atoms with Crippen molar-refractivity contribution >= 4 is 5.82 Å². The number of hydrogen-bond acceptors (Lipinski definition) is 4. The van der Waals surface area contributed by atoms with E-state index in [1.807, 2.05) is 0 Å². The van der Waals surface area contributed by atoms with Gasteiger partial charge in [0.15, 0.2) is 0 Å². The van der Waals surface area contributed by atoms with Crippen molar-refractivity contribution in [3.05, 3.63) is 18.1 Å². The van der Waals surface area contributed by atoms with Crippen molar-refractivity contribution in [2.75, 3.05) is 18.4 Å². The van der Waals surface area contributed by atoms with Gasteiger partial charge in [-0.05, 0) is 0 Å². The number of alkyl halides is 3. The molecule has 15 heavy (non-hydrogen) atoms. The summed E-state index contributed by atoms with van der Waals surface area (Å²) in [5, 5.41) is 2.78. The number of nitrogens with one attached hydrogen (secondary N) is 1. The predicted octanol–water partition coefficient (Wildman–Crippen LogP) is 0.952. The second kappa shape index (κ2) is 4.92. The number of anilines is 1. The molecule has 0 unspecified atom stereocenters. The molecule has 0 fully saturated rings. The highest BCUT2D eigenvalue weighted by Gasteiger charge is 2.28. The van der Waals surface area contributed by atoms with Gasteiger partial charge in [-0.1, -0.05) is 0 Å². The van der Waals surface area contributed by atoms with Gasteiger partial charge in [-0.25, -0.2) is 9.97 Å². The minimum absolute atomic E-state index is 0.0583. The van der Waals surface area contributed by atoms with Gasteiger partial charge in [0, 0.05) is 19.2 Å². The molecule has 1 aromatic heterocycles. The third-order valence-corrected chi connectivity index (χ3v) is 1.56. The summed E-state index contributed by atoms with van der Waals surface area (Å²) in [6.45, 7) is 0.848. The Bertz CT molecular complexity index is 313. The molecule has 1 aromatic rings. The molecular formula is C8H11F3N4. The summed E-state index contributed by atoms with van der Waals surface area (Å²) in [6.07, 6.45) is -4.20. The largest absolute Gasteiger partial charge is 0.394 e. The van der Waals surface area contributed by atoms with Crippen LogP contribution in [-0.2, 0) is 6.42 Å². The minimum Gasteiger partial charge on any atom is -0.369 e. The Labute approximate surface area is 84.7 Å². The van der Waals surface area contributed by atoms with Gasteiger partial charge in [0.2, 0.25) is 0 Å². The molecule has 0 atom stereocenters. The quantitative estimate of drug-likeness (QED) is 0.793. The lowest BCUT2D eigenvalue weighted by molar-refractivity contribution is -0.127. The van der Waals surface area contributed by atoms with E-state index in [9.17, 15) is 13.2 Å². The van der Waals surface area contributed by atoms with Crippen LogP contribution in [0.2, 0.25) is 0 Å². The van der Waals surface area contributed by atoms with Crippen molar-refractivity contribution in [3.8, 4) is 0 Å². The van der Waals surface area contributed by atoms with E-state index in [0.29, 0.717) is 18.9 Å². The number of halogens is 3. The third kappa shape index (κ3) is 4.59. The molecule has 0 radical (unpaired) electrons. The molecule has 0 aromatic carbocycles. The monoisotopic (exact) mass is 220 g/mol. The zero-order valence-electron chi connectivity index (χ0n) is 7.88. The summed E-state index contributed by atoms with van der Waals surface area (Å²) in [4.78, 5) is 7.29. The van der Waals surface area contributed by atoms with Crippen LogP contribution in [0.1, 0.15) is 5.69 Å². The van der Waals surface area contributed by atoms with Gasteiger partial charge >= 0.3 is 6.18 Å². The van der Waals surface area contributed by atoms with Crippen LogP contribution in [0.3, 0.4) is 0 Å². The number of aromatic nitrogens is 2. The first-order chi connectivity index (χ1) is 7.01. The summed E-state index contributed by atoms with van der Waals surface area (Å²) in [5.41, 5.74) is 5.17. The Morgan fingerprint density at radius 3 is 2.67 bits per heavy atom. The number of rotatable bonds is 4. The molecule has 0 bridgehead atoms. The summed E-state index contributed by atoms with van der Waals surface area (Å²) >= 11 is 0. The van der Waals surface area contributed by atoms with Crippen molar-refractivity contribution in [1.29, 1.82) is 0 Å². The normalized spacial score (nSPS) is 11.5. The SMILES string of the molecule is NCCNc1cc(CC(F)(F)F)ncn1. The summed E-state index contributed by atoms with van der Waals surface area (Å²) < 4.78 is 36.1. The van der Waals surface area contributed by atoms with Crippen LogP contribution in [0.25, 0.3) is 0 Å². The van der Waals surface area contributed by atoms with Crippen LogP contribution in [-0.4, -0.2) is 29.2 Å². The van der Waals surface area contributed by atoms with Crippen LogP contribution in [0.15, 0.2) is 12.4 Å². The Hall–Kier alpha value is -1.37. The van der Waals surface area contributed by atoms with Crippen molar-refractivity contribution in [1.82, 2.24) is 9.97 Å². The molecule has 1 heterocycles.